The normalized spacial score (nSPS) is 20.7. The summed E-state index contributed by atoms with van der Waals surface area (Å²) in [6.07, 6.45) is 2.89. The van der Waals surface area contributed by atoms with Gasteiger partial charge in [-0.2, -0.15) is 5.10 Å². The number of thiophene rings is 1. The first kappa shape index (κ1) is 18.2. The molecular weight excluding hydrogens is 360 g/mol. The van der Waals surface area contributed by atoms with Crippen molar-refractivity contribution in [2.75, 3.05) is 13.1 Å². The molecule has 1 fully saturated rings. The van der Waals surface area contributed by atoms with Crippen LogP contribution in [0.5, 0.6) is 0 Å². The maximum absolute atomic E-state index is 13.1. The molecule has 0 N–H and O–H groups in total. The van der Waals surface area contributed by atoms with Crippen molar-refractivity contribution < 1.29 is 4.79 Å². The molecule has 1 saturated heterocycles. The van der Waals surface area contributed by atoms with Crippen LogP contribution in [0.3, 0.4) is 0 Å². The number of carbonyl (C=O) groups excluding carboxylic acids is 1. The van der Waals surface area contributed by atoms with Crippen molar-refractivity contribution >= 4 is 38.4 Å². The molecule has 144 valence electrons. The quantitative estimate of drug-likeness (QED) is 0.694. The molecule has 0 radical (unpaired) electrons. The summed E-state index contributed by atoms with van der Waals surface area (Å²) in [6, 6.07) is 2.12. The highest BCUT2D eigenvalue weighted by Gasteiger charge is 2.26. The zero-order chi connectivity index (χ0) is 19.3. The van der Waals surface area contributed by atoms with E-state index in [1.54, 1.807) is 17.5 Å². The van der Waals surface area contributed by atoms with Crippen LogP contribution in [0.4, 0.5) is 0 Å². The minimum Gasteiger partial charge on any atom is -0.341 e. The van der Waals surface area contributed by atoms with Crippen molar-refractivity contribution in [3.63, 3.8) is 0 Å². The monoisotopic (exact) mass is 386 g/mol. The zero-order valence-electron chi connectivity index (χ0n) is 16.4. The number of rotatable bonds is 3. The van der Waals surface area contributed by atoms with E-state index >= 15 is 0 Å². The molecule has 0 saturated carbocycles. The molecular formula is C20H26N4O2S. The first-order valence-corrected chi connectivity index (χ1v) is 10.5. The summed E-state index contributed by atoms with van der Waals surface area (Å²) in [5.41, 5.74) is 1.56. The zero-order valence-corrected chi connectivity index (χ0v) is 17.2. The predicted octanol–water partition coefficient (Wildman–Crippen LogP) is 3.25. The van der Waals surface area contributed by atoms with E-state index < -0.39 is 0 Å². The van der Waals surface area contributed by atoms with Gasteiger partial charge in [-0.25, -0.2) is 4.68 Å². The molecule has 0 aromatic carbocycles. The lowest BCUT2D eigenvalue weighted by Gasteiger charge is -2.35. The Hall–Kier alpha value is -2.15. The number of fused-ring (bicyclic) bond motifs is 3. The molecule has 1 aliphatic rings. The second kappa shape index (κ2) is 6.78. The number of amides is 1. The van der Waals surface area contributed by atoms with Gasteiger partial charge < -0.3 is 9.47 Å². The van der Waals surface area contributed by atoms with Crippen LogP contribution in [0.1, 0.15) is 32.1 Å². The van der Waals surface area contributed by atoms with Crippen molar-refractivity contribution in [1.29, 1.82) is 0 Å². The molecule has 27 heavy (non-hydrogen) atoms. The summed E-state index contributed by atoms with van der Waals surface area (Å²) in [5.74, 6) is 0.976. The number of hydrogen-bond acceptors (Lipinski definition) is 4. The maximum atomic E-state index is 13.1. The summed E-state index contributed by atoms with van der Waals surface area (Å²) in [4.78, 5) is 29.0. The predicted molar refractivity (Wildman–Crippen MR) is 109 cm³/mol. The van der Waals surface area contributed by atoms with Crippen LogP contribution in [-0.2, 0) is 17.9 Å². The van der Waals surface area contributed by atoms with Gasteiger partial charge >= 0.3 is 0 Å². The number of aromatic nitrogens is 3. The first-order chi connectivity index (χ1) is 12.9. The topological polar surface area (TPSA) is 60.1 Å². The van der Waals surface area contributed by atoms with Gasteiger partial charge in [0.15, 0.2) is 0 Å². The van der Waals surface area contributed by atoms with Crippen molar-refractivity contribution in [1.82, 2.24) is 19.2 Å². The van der Waals surface area contributed by atoms with Gasteiger partial charge in [-0.1, -0.05) is 13.8 Å². The molecule has 2 atom stereocenters. The van der Waals surface area contributed by atoms with E-state index in [2.05, 4.69) is 31.9 Å². The second-order valence-electron chi connectivity index (χ2n) is 7.93. The Morgan fingerprint density at radius 2 is 2.00 bits per heavy atom. The van der Waals surface area contributed by atoms with Gasteiger partial charge in [0.05, 0.1) is 16.4 Å². The standard InChI is InChI=1S/C20H26N4O2S/c1-5-23-16-7-14(4)27-19(16)15-8-21-24(20(26)18(15)23)11-17(25)22-9-12(2)6-13(3)10-22/h7-8,12-13H,5-6,9-11H2,1-4H3/t12-,13+. The van der Waals surface area contributed by atoms with E-state index in [0.29, 0.717) is 23.9 Å². The molecule has 0 aliphatic carbocycles. The van der Waals surface area contributed by atoms with Crippen LogP contribution >= 0.6 is 11.3 Å². The Morgan fingerprint density at radius 1 is 1.30 bits per heavy atom. The lowest BCUT2D eigenvalue weighted by molar-refractivity contribution is -0.134. The van der Waals surface area contributed by atoms with Crippen LogP contribution in [0.25, 0.3) is 21.1 Å². The van der Waals surface area contributed by atoms with Crippen molar-refractivity contribution in [2.24, 2.45) is 11.8 Å². The fourth-order valence-electron chi connectivity index (χ4n) is 4.46. The van der Waals surface area contributed by atoms with E-state index in [-0.39, 0.29) is 18.0 Å². The molecule has 3 aromatic rings. The molecule has 7 heteroatoms. The van der Waals surface area contributed by atoms with Crippen molar-refractivity contribution in [3.05, 3.63) is 27.5 Å². The molecule has 6 nitrogen and oxygen atoms in total. The Morgan fingerprint density at radius 3 is 2.67 bits per heavy atom. The van der Waals surface area contributed by atoms with Gasteiger partial charge in [0.2, 0.25) is 5.91 Å². The van der Waals surface area contributed by atoms with Crippen LogP contribution in [-0.4, -0.2) is 38.2 Å². The SMILES string of the molecule is CCn1c2cc(C)sc2c2cnn(CC(=O)N3C[C@H](C)C[C@H](C)C3)c(=O)c21. The number of aryl methyl sites for hydroxylation is 2. The van der Waals surface area contributed by atoms with E-state index in [0.717, 1.165) is 35.1 Å². The minimum atomic E-state index is -0.179. The average Bonchev–Trinajstić information content (AvgIpc) is 3.11. The van der Waals surface area contributed by atoms with Crippen molar-refractivity contribution in [2.45, 2.75) is 47.2 Å². The fourth-order valence-corrected chi connectivity index (χ4v) is 5.48. The molecule has 1 amide bonds. The fraction of sp³-hybridized carbons (Fsp3) is 0.550. The van der Waals surface area contributed by atoms with E-state index in [9.17, 15) is 9.59 Å². The molecule has 4 rings (SSSR count). The Bertz CT molecular complexity index is 1070. The van der Waals surface area contributed by atoms with Crippen LogP contribution in [0.15, 0.2) is 17.1 Å². The lowest BCUT2D eigenvalue weighted by Crippen LogP contribution is -2.45. The van der Waals surface area contributed by atoms with Gasteiger partial charge in [-0.15, -0.1) is 11.3 Å². The van der Waals surface area contributed by atoms with Crippen LogP contribution < -0.4 is 5.56 Å². The molecule has 0 unspecified atom stereocenters. The smallest absolute Gasteiger partial charge is 0.291 e. The number of likely N-dealkylation sites (tertiary alicyclic amines) is 1. The van der Waals surface area contributed by atoms with Crippen molar-refractivity contribution in [3.8, 4) is 0 Å². The third-order valence-corrected chi connectivity index (χ3v) is 6.56. The van der Waals surface area contributed by atoms with Crippen LogP contribution in [0, 0.1) is 18.8 Å². The summed E-state index contributed by atoms with van der Waals surface area (Å²) in [7, 11) is 0. The van der Waals surface area contributed by atoms with Gasteiger partial charge in [0.1, 0.15) is 12.1 Å². The molecule has 4 heterocycles. The highest BCUT2D eigenvalue weighted by atomic mass is 32.1. The van der Waals surface area contributed by atoms with E-state index in [4.69, 9.17) is 0 Å². The van der Waals surface area contributed by atoms with Gasteiger partial charge in [-0.3, -0.25) is 9.59 Å². The van der Waals surface area contributed by atoms with Gasteiger partial charge in [-0.05, 0) is 38.2 Å². The van der Waals surface area contributed by atoms with E-state index in [1.165, 1.54) is 9.56 Å². The number of carbonyl (C=O) groups is 1. The summed E-state index contributed by atoms with van der Waals surface area (Å²) in [5, 5.41) is 5.22. The Labute approximate surface area is 162 Å². The number of hydrogen-bond donors (Lipinski definition) is 0. The summed E-state index contributed by atoms with van der Waals surface area (Å²) < 4.78 is 4.48. The second-order valence-corrected chi connectivity index (χ2v) is 9.19. The number of nitrogens with zero attached hydrogens (tertiary/aromatic N) is 4. The largest absolute Gasteiger partial charge is 0.341 e. The minimum absolute atomic E-state index is 0.00971. The van der Waals surface area contributed by atoms with Gasteiger partial charge in [0.25, 0.3) is 5.56 Å². The molecule has 3 aromatic heterocycles. The molecule has 0 spiro atoms. The first-order valence-electron chi connectivity index (χ1n) is 9.65. The van der Waals surface area contributed by atoms with E-state index in [1.807, 2.05) is 16.4 Å². The highest BCUT2D eigenvalue weighted by Crippen LogP contribution is 2.33. The lowest BCUT2D eigenvalue weighted by atomic mass is 9.92. The van der Waals surface area contributed by atoms with Crippen LogP contribution in [0.2, 0.25) is 0 Å². The maximum Gasteiger partial charge on any atom is 0.291 e. The summed E-state index contributed by atoms with van der Waals surface area (Å²) in [6.45, 7) is 10.7. The van der Waals surface area contributed by atoms with Gasteiger partial charge in [0, 0.05) is 29.9 Å². The average molecular weight is 387 g/mol. The summed E-state index contributed by atoms with van der Waals surface area (Å²) >= 11 is 1.69. The highest BCUT2D eigenvalue weighted by molar-refractivity contribution is 7.20. The number of piperidine rings is 1. The third kappa shape index (κ3) is 3.08. The third-order valence-electron chi connectivity index (χ3n) is 5.48. The Balaban J connectivity index is 1.72. The Kier molecular flexibility index (Phi) is 4.58. The molecule has 0 bridgehead atoms. The molecule has 1 aliphatic heterocycles.